The summed E-state index contributed by atoms with van der Waals surface area (Å²) in [4.78, 5) is 14.7. The molecule has 7 nitrogen and oxygen atoms in total. The summed E-state index contributed by atoms with van der Waals surface area (Å²) in [6.07, 6.45) is 1.07. The van der Waals surface area contributed by atoms with E-state index in [2.05, 4.69) is 39.2 Å². The number of hydrogen-bond donors (Lipinski definition) is 2. The molecule has 2 atom stereocenters. The number of methoxy groups -OCH3 is 1. The highest BCUT2D eigenvalue weighted by Crippen LogP contribution is 2.42. The minimum absolute atomic E-state index is 0.0205. The second-order valence-corrected chi connectivity index (χ2v) is 17.1. The zero-order valence-electron chi connectivity index (χ0n) is 23.4. The molecule has 1 saturated heterocycles. The van der Waals surface area contributed by atoms with Crippen LogP contribution in [0.3, 0.4) is 0 Å². The van der Waals surface area contributed by atoms with Gasteiger partial charge < -0.3 is 29.2 Å². The maximum absolute atomic E-state index is 13.0. The molecule has 0 bridgehead atoms. The van der Waals surface area contributed by atoms with Gasteiger partial charge in [-0.15, -0.1) is 0 Å². The fourth-order valence-electron chi connectivity index (χ4n) is 4.77. The van der Waals surface area contributed by atoms with Gasteiger partial charge in [-0.1, -0.05) is 44.5 Å². The topological polar surface area (TPSA) is 80.3 Å². The molecule has 0 spiro atoms. The van der Waals surface area contributed by atoms with Crippen LogP contribution in [-0.2, 0) is 22.2 Å². The van der Waals surface area contributed by atoms with Crippen LogP contribution in [0.4, 0.5) is 5.69 Å². The number of anilines is 1. The van der Waals surface area contributed by atoms with Crippen LogP contribution in [0, 0.1) is 0 Å². The van der Waals surface area contributed by atoms with Crippen molar-refractivity contribution in [1.82, 2.24) is 5.32 Å². The Bertz CT molecular complexity index is 1150. The number of amides is 1. The Balaban J connectivity index is 1.56. The van der Waals surface area contributed by atoms with Crippen LogP contribution < -0.4 is 19.7 Å². The second kappa shape index (κ2) is 11.2. The van der Waals surface area contributed by atoms with Gasteiger partial charge in [-0.2, -0.15) is 0 Å². The molecule has 2 aromatic carbocycles. The fourth-order valence-corrected chi connectivity index (χ4v) is 6.42. The summed E-state index contributed by atoms with van der Waals surface area (Å²) < 4.78 is 18.3. The number of benzene rings is 2. The van der Waals surface area contributed by atoms with Crippen molar-refractivity contribution < 1.29 is 23.8 Å². The molecule has 9 heteroatoms. The number of ether oxygens (including phenoxy) is 2. The van der Waals surface area contributed by atoms with Crippen molar-refractivity contribution in [1.29, 1.82) is 0 Å². The number of hydrogen-bond acceptors (Lipinski definition) is 6. The van der Waals surface area contributed by atoms with Crippen LogP contribution in [0.25, 0.3) is 0 Å². The maximum Gasteiger partial charge on any atom is 0.227 e. The first-order valence-corrected chi connectivity index (χ1v) is 16.6. The van der Waals surface area contributed by atoms with Crippen LogP contribution in [0.2, 0.25) is 23.2 Å². The minimum Gasteiger partial charge on any atom is -0.497 e. The predicted octanol–water partition coefficient (Wildman–Crippen LogP) is 5.32. The Morgan fingerprint density at radius 2 is 1.87 bits per heavy atom. The predicted molar refractivity (Wildman–Crippen MR) is 154 cm³/mol. The lowest BCUT2D eigenvalue weighted by Crippen LogP contribution is -2.62. The molecule has 2 N–H and O–H groups in total. The average molecular weight is 561 g/mol. The van der Waals surface area contributed by atoms with E-state index in [9.17, 15) is 9.90 Å². The van der Waals surface area contributed by atoms with Crippen molar-refractivity contribution in [2.45, 2.75) is 76.4 Å². The molecule has 208 valence electrons. The zero-order chi connectivity index (χ0) is 27.7. The molecule has 0 aliphatic carbocycles. The number of halogens is 1. The number of carbonyl (C=O) groups is 1. The molecule has 0 unspecified atom stereocenters. The largest absolute Gasteiger partial charge is 0.497 e. The minimum atomic E-state index is -2.11. The third-order valence-corrected chi connectivity index (χ3v) is 13.0. The third kappa shape index (κ3) is 6.05. The van der Waals surface area contributed by atoms with Crippen molar-refractivity contribution in [3.8, 4) is 11.5 Å². The van der Waals surface area contributed by atoms with E-state index in [4.69, 9.17) is 25.5 Å². The first-order chi connectivity index (χ1) is 17.8. The monoisotopic (exact) mass is 560 g/mol. The summed E-state index contributed by atoms with van der Waals surface area (Å²) in [5, 5.41) is 15.7. The molecule has 4 rings (SSSR count). The van der Waals surface area contributed by atoms with Gasteiger partial charge in [-0.05, 0) is 67.3 Å². The standard InChI is InChI=1S/C29H41ClN2O5Si/c1-28(2,3)38(5,6)37-25-17-31-16-15-29(25,34)19-36-24-13-12-23(30)27-22(24)11-14-26(33)32(27)18-20-7-9-21(35-4)10-8-20/h7-10,12-13,25,31,34H,11,14-19H2,1-6H3/t25-,29-/m1/s1. The van der Waals surface area contributed by atoms with E-state index in [-0.39, 0.29) is 23.7 Å². The Labute approximate surface area is 232 Å². The van der Waals surface area contributed by atoms with Crippen molar-refractivity contribution >= 4 is 31.5 Å². The molecule has 1 amide bonds. The summed E-state index contributed by atoms with van der Waals surface area (Å²) in [5.74, 6) is 1.43. The summed E-state index contributed by atoms with van der Waals surface area (Å²) in [6, 6.07) is 11.3. The molecule has 1 fully saturated rings. The number of nitrogens with zero attached hydrogens (tertiary/aromatic N) is 1. The lowest BCUT2D eigenvalue weighted by molar-refractivity contribution is -0.119. The molecule has 0 radical (unpaired) electrons. The Hall–Kier alpha value is -2.10. The number of fused-ring (bicyclic) bond motifs is 1. The van der Waals surface area contributed by atoms with E-state index in [1.165, 1.54) is 0 Å². The van der Waals surface area contributed by atoms with Crippen molar-refractivity contribution in [2.24, 2.45) is 0 Å². The molecule has 0 aromatic heterocycles. The van der Waals surface area contributed by atoms with Crippen LogP contribution in [-0.4, -0.2) is 57.8 Å². The Morgan fingerprint density at radius 3 is 2.53 bits per heavy atom. The molecular weight excluding hydrogens is 520 g/mol. The van der Waals surface area contributed by atoms with Crippen LogP contribution in [0.5, 0.6) is 11.5 Å². The third-order valence-electron chi connectivity index (χ3n) is 8.23. The Morgan fingerprint density at radius 1 is 1.16 bits per heavy atom. The molecule has 2 aliphatic rings. The Kier molecular flexibility index (Phi) is 8.50. The van der Waals surface area contributed by atoms with Crippen molar-refractivity contribution in [2.75, 3.05) is 31.7 Å². The van der Waals surface area contributed by atoms with Gasteiger partial charge in [0, 0.05) is 18.5 Å². The van der Waals surface area contributed by atoms with Crippen molar-refractivity contribution in [3.05, 3.63) is 52.5 Å². The summed E-state index contributed by atoms with van der Waals surface area (Å²) in [6.45, 7) is 12.8. The first-order valence-electron chi connectivity index (χ1n) is 13.3. The molecule has 0 saturated carbocycles. The van der Waals surface area contributed by atoms with Crippen molar-refractivity contribution in [3.63, 3.8) is 0 Å². The number of carbonyl (C=O) groups excluding carboxylic acids is 1. The summed E-state index contributed by atoms with van der Waals surface area (Å²) in [7, 11) is -0.478. The molecule has 2 heterocycles. The van der Waals surface area contributed by atoms with Crippen LogP contribution in [0.1, 0.15) is 44.7 Å². The highest BCUT2D eigenvalue weighted by atomic mass is 35.5. The number of piperidine rings is 1. The van der Waals surface area contributed by atoms with E-state index in [0.29, 0.717) is 55.4 Å². The molecule has 2 aliphatic heterocycles. The van der Waals surface area contributed by atoms with Gasteiger partial charge in [-0.3, -0.25) is 4.79 Å². The van der Waals surface area contributed by atoms with Gasteiger partial charge in [0.2, 0.25) is 5.91 Å². The zero-order valence-corrected chi connectivity index (χ0v) is 25.2. The number of aliphatic hydroxyl groups is 1. The summed E-state index contributed by atoms with van der Waals surface area (Å²) in [5.41, 5.74) is 1.43. The lowest BCUT2D eigenvalue weighted by Gasteiger charge is -2.46. The van der Waals surface area contributed by atoms with E-state index >= 15 is 0 Å². The fraction of sp³-hybridized carbons (Fsp3) is 0.552. The van der Waals surface area contributed by atoms with E-state index in [1.54, 1.807) is 18.1 Å². The average Bonchev–Trinajstić information content (AvgIpc) is 2.86. The van der Waals surface area contributed by atoms with E-state index in [1.807, 2.05) is 30.3 Å². The second-order valence-electron chi connectivity index (χ2n) is 11.9. The number of nitrogens with one attached hydrogen (secondary N) is 1. The quantitative estimate of drug-likeness (QED) is 0.425. The maximum atomic E-state index is 13.0. The first kappa shape index (κ1) is 28.9. The highest BCUT2D eigenvalue weighted by molar-refractivity contribution is 6.74. The van der Waals surface area contributed by atoms with E-state index in [0.717, 1.165) is 16.9 Å². The summed E-state index contributed by atoms with van der Waals surface area (Å²) >= 11 is 6.66. The number of rotatable bonds is 8. The van der Waals surface area contributed by atoms with Gasteiger partial charge in [0.05, 0.1) is 30.5 Å². The van der Waals surface area contributed by atoms with Gasteiger partial charge in [0.1, 0.15) is 23.7 Å². The molecule has 38 heavy (non-hydrogen) atoms. The lowest BCUT2D eigenvalue weighted by atomic mass is 9.90. The molecular formula is C29H41ClN2O5Si. The molecule has 2 aromatic rings. The van der Waals surface area contributed by atoms with Gasteiger partial charge >= 0.3 is 0 Å². The normalized spacial score (nSPS) is 22.3. The van der Waals surface area contributed by atoms with Crippen LogP contribution >= 0.6 is 11.6 Å². The highest BCUT2D eigenvalue weighted by Gasteiger charge is 2.47. The van der Waals surface area contributed by atoms with Crippen LogP contribution in [0.15, 0.2) is 36.4 Å². The smallest absolute Gasteiger partial charge is 0.227 e. The van der Waals surface area contributed by atoms with Gasteiger partial charge in [0.25, 0.3) is 0 Å². The van der Waals surface area contributed by atoms with Gasteiger partial charge in [-0.25, -0.2) is 0 Å². The van der Waals surface area contributed by atoms with E-state index < -0.39 is 13.9 Å². The van der Waals surface area contributed by atoms with Gasteiger partial charge in [0.15, 0.2) is 8.32 Å². The SMILES string of the molecule is COc1ccc(CN2C(=O)CCc3c(OC[C@]4(O)CCNC[C@H]4O[Si](C)(C)C(C)(C)C)ccc(Cl)c32)cc1.